The van der Waals surface area contributed by atoms with Crippen molar-refractivity contribution in [2.24, 2.45) is 5.73 Å². The molecule has 2 N–H and O–H groups in total. The van der Waals surface area contributed by atoms with Crippen LogP contribution in [0.5, 0.6) is 0 Å². The smallest absolute Gasteiger partial charge is 0.123 e. The predicted molar refractivity (Wildman–Crippen MR) is 66.4 cm³/mol. The number of benzene rings is 1. The van der Waals surface area contributed by atoms with E-state index in [1.54, 1.807) is 24.4 Å². The molecule has 4 heteroatoms. The van der Waals surface area contributed by atoms with Crippen molar-refractivity contribution in [2.75, 3.05) is 0 Å². The lowest BCUT2D eigenvalue weighted by Gasteiger charge is -2.14. The lowest BCUT2D eigenvalue weighted by atomic mass is 9.99. The molecule has 1 aromatic carbocycles. The molecule has 0 aliphatic rings. The number of aryl methyl sites for hydroxylation is 1. The molecule has 1 heterocycles. The van der Waals surface area contributed by atoms with Crippen LogP contribution in [0, 0.1) is 12.7 Å². The molecule has 2 rings (SSSR count). The zero-order chi connectivity index (χ0) is 12.4. The first-order chi connectivity index (χ1) is 8.08. The Bertz CT molecular complexity index is 525. The van der Waals surface area contributed by atoms with Gasteiger partial charge in [0.05, 0.1) is 16.8 Å². The molecule has 0 bridgehead atoms. The average Bonchev–Trinajstić information content (AvgIpc) is 2.29. The quantitative estimate of drug-likeness (QED) is 0.889. The Kier molecular flexibility index (Phi) is 3.41. The maximum absolute atomic E-state index is 13.0. The number of nitrogens with zero attached hydrogens (tertiary/aromatic N) is 1. The summed E-state index contributed by atoms with van der Waals surface area (Å²) >= 11 is 5.76. The summed E-state index contributed by atoms with van der Waals surface area (Å²) < 4.78 is 13.0. The van der Waals surface area contributed by atoms with Crippen LogP contribution in [0.3, 0.4) is 0 Å². The highest BCUT2D eigenvalue weighted by Gasteiger charge is 2.12. The molecular weight excluding hydrogens is 239 g/mol. The van der Waals surface area contributed by atoms with E-state index in [9.17, 15) is 4.39 Å². The first-order valence-corrected chi connectivity index (χ1v) is 5.59. The predicted octanol–water partition coefficient (Wildman–Crippen LogP) is 3.23. The van der Waals surface area contributed by atoms with Gasteiger partial charge in [0, 0.05) is 6.20 Å². The molecule has 0 aliphatic heterocycles. The first-order valence-electron chi connectivity index (χ1n) is 5.21. The lowest BCUT2D eigenvalue weighted by molar-refractivity contribution is 0.624. The monoisotopic (exact) mass is 250 g/mol. The molecule has 1 unspecified atom stereocenters. The molecule has 17 heavy (non-hydrogen) atoms. The summed E-state index contributed by atoms with van der Waals surface area (Å²) in [6, 6.07) is 7.70. The summed E-state index contributed by atoms with van der Waals surface area (Å²) in [6.45, 7) is 1.83. The summed E-state index contributed by atoms with van der Waals surface area (Å²) in [5, 5.41) is 0.566. The highest BCUT2D eigenvalue weighted by molar-refractivity contribution is 6.30. The van der Waals surface area contributed by atoms with Crippen LogP contribution in [0.25, 0.3) is 0 Å². The summed E-state index contributed by atoms with van der Waals surface area (Å²) in [4.78, 5) is 4.17. The Morgan fingerprint density at radius 3 is 2.65 bits per heavy atom. The Balaban J connectivity index is 2.36. The van der Waals surface area contributed by atoms with Gasteiger partial charge < -0.3 is 5.73 Å². The molecular formula is C13H12ClFN2. The fourth-order valence-corrected chi connectivity index (χ4v) is 1.83. The van der Waals surface area contributed by atoms with Gasteiger partial charge >= 0.3 is 0 Å². The minimum absolute atomic E-state index is 0.262. The van der Waals surface area contributed by atoms with Crippen LogP contribution in [0.1, 0.15) is 22.9 Å². The number of hydrogen-bond acceptors (Lipinski definition) is 2. The number of aromatic nitrogens is 1. The van der Waals surface area contributed by atoms with Crippen molar-refractivity contribution in [1.82, 2.24) is 4.98 Å². The topological polar surface area (TPSA) is 38.9 Å². The Morgan fingerprint density at radius 2 is 2.06 bits per heavy atom. The van der Waals surface area contributed by atoms with Crippen molar-refractivity contribution in [2.45, 2.75) is 13.0 Å². The van der Waals surface area contributed by atoms with Crippen LogP contribution in [0.2, 0.25) is 5.02 Å². The third-order valence-electron chi connectivity index (χ3n) is 2.64. The second kappa shape index (κ2) is 4.82. The third kappa shape index (κ3) is 2.62. The minimum atomic E-state index is -0.368. The SMILES string of the molecule is Cc1cc(F)ccc1C(N)c1ccc(Cl)cn1. The molecule has 2 nitrogen and oxygen atoms in total. The van der Waals surface area contributed by atoms with Crippen molar-refractivity contribution >= 4 is 11.6 Å². The van der Waals surface area contributed by atoms with E-state index in [1.807, 2.05) is 6.92 Å². The lowest BCUT2D eigenvalue weighted by Crippen LogP contribution is -2.14. The molecule has 0 amide bonds. The summed E-state index contributed by atoms with van der Waals surface area (Å²) in [5.41, 5.74) is 8.48. The molecule has 1 atom stereocenters. The zero-order valence-corrected chi connectivity index (χ0v) is 10.1. The van der Waals surface area contributed by atoms with Gasteiger partial charge in [-0.3, -0.25) is 4.98 Å². The summed E-state index contributed by atoms with van der Waals surface area (Å²) in [5.74, 6) is -0.262. The fourth-order valence-electron chi connectivity index (χ4n) is 1.72. The summed E-state index contributed by atoms with van der Waals surface area (Å²) in [7, 11) is 0. The third-order valence-corrected chi connectivity index (χ3v) is 2.86. The van der Waals surface area contributed by atoms with Gasteiger partial charge in [-0.1, -0.05) is 17.7 Å². The van der Waals surface area contributed by atoms with Gasteiger partial charge in [0.1, 0.15) is 5.82 Å². The highest BCUT2D eigenvalue weighted by Crippen LogP contribution is 2.22. The number of halogens is 2. The van der Waals surface area contributed by atoms with E-state index in [-0.39, 0.29) is 11.9 Å². The van der Waals surface area contributed by atoms with Crippen LogP contribution in [-0.4, -0.2) is 4.98 Å². The van der Waals surface area contributed by atoms with E-state index in [1.165, 1.54) is 12.1 Å². The molecule has 0 fully saturated rings. The van der Waals surface area contributed by atoms with Crippen molar-refractivity contribution in [3.8, 4) is 0 Å². The maximum atomic E-state index is 13.0. The van der Waals surface area contributed by atoms with E-state index >= 15 is 0 Å². The van der Waals surface area contributed by atoms with Crippen molar-refractivity contribution in [3.05, 3.63) is 64.2 Å². The standard InChI is InChI=1S/C13H12ClFN2/c1-8-6-10(15)3-4-11(8)13(16)12-5-2-9(14)7-17-12/h2-7,13H,16H2,1H3. The van der Waals surface area contributed by atoms with Crippen molar-refractivity contribution in [3.63, 3.8) is 0 Å². The molecule has 0 saturated carbocycles. The van der Waals surface area contributed by atoms with Gasteiger partial charge in [-0.2, -0.15) is 0 Å². The van der Waals surface area contributed by atoms with Gasteiger partial charge in [0.25, 0.3) is 0 Å². The Hall–Kier alpha value is -1.45. The van der Waals surface area contributed by atoms with E-state index in [0.29, 0.717) is 10.7 Å². The number of hydrogen-bond donors (Lipinski definition) is 1. The molecule has 88 valence electrons. The first kappa shape index (κ1) is 12.0. The zero-order valence-electron chi connectivity index (χ0n) is 9.32. The largest absolute Gasteiger partial charge is 0.319 e. The maximum Gasteiger partial charge on any atom is 0.123 e. The molecule has 2 aromatic rings. The van der Waals surface area contributed by atoms with Gasteiger partial charge in [-0.25, -0.2) is 4.39 Å². The molecule has 0 saturated heterocycles. The molecule has 0 radical (unpaired) electrons. The normalized spacial score (nSPS) is 12.5. The minimum Gasteiger partial charge on any atom is -0.319 e. The molecule has 1 aromatic heterocycles. The second-order valence-corrected chi connectivity index (χ2v) is 4.32. The second-order valence-electron chi connectivity index (χ2n) is 3.88. The highest BCUT2D eigenvalue weighted by atomic mass is 35.5. The number of nitrogens with two attached hydrogens (primary N) is 1. The van der Waals surface area contributed by atoms with Gasteiger partial charge in [0.15, 0.2) is 0 Å². The fraction of sp³-hybridized carbons (Fsp3) is 0.154. The van der Waals surface area contributed by atoms with Gasteiger partial charge in [0.2, 0.25) is 0 Å². The van der Waals surface area contributed by atoms with E-state index in [0.717, 1.165) is 11.1 Å². The van der Waals surface area contributed by atoms with Crippen LogP contribution < -0.4 is 5.73 Å². The van der Waals surface area contributed by atoms with Crippen LogP contribution in [-0.2, 0) is 0 Å². The summed E-state index contributed by atoms with van der Waals surface area (Å²) in [6.07, 6.45) is 1.55. The Labute approximate surface area is 104 Å². The molecule has 0 spiro atoms. The van der Waals surface area contributed by atoms with Crippen molar-refractivity contribution < 1.29 is 4.39 Å². The van der Waals surface area contributed by atoms with Crippen LogP contribution >= 0.6 is 11.6 Å². The van der Waals surface area contributed by atoms with Crippen LogP contribution in [0.4, 0.5) is 4.39 Å². The van der Waals surface area contributed by atoms with E-state index in [4.69, 9.17) is 17.3 Å². The van der Waals surface area contributed by atoms with Gasteiger partial charge in [-0.05, 0) is 42.3 Å². The van der Waals surface area contributed by atoms with E-state index in [2.05, 4.69) is 4.98 Å². The van der Waals surface area contributed by atoms with Gasteiger partial charge in [-0.15, -0.1) is 0 Å². The number of pyridine rings is 1. The van der Waals surface area contributed by atoms with Crippen molar-refractivity contribution in [1.29, 1.82) is 0 Å². The number of rotatable bonds is 2. The molecule has 0 aliphatic carbocycles. The van der Waals surface area contributed by atoms with Crippen LogP contribution in [0.15, 0.2) is 36.5 Å². The average molecular weight is 251 g/mol. The van der Waals surface area contributed by atoms with E-state index < -0.39 is 0 Å². The Morgan fingerprint density at radius 1 is 1.29 bits per heavy atom.